The number of carbonyl (C=O) groups excluding carboxylic acids is 1. The summed E-state index contributed by atoms with van der Waals surface area (Å²) in [6, 6.07) is 16.8. The largest absolute Gasteiger partial charge is 0.321 e. The number of anilines is 1. The summed E-state index contributed by atoms with van der Waals surface area (Å²) in [5.74, 6) is -0.197. The molecule has 0 fully saturated rings. The first kappa shape index (κ1) is 15.0. The van der Waals surface area contributed by atoms with Crippen LogP contribution in [0.25, 0.3) is 22.2 Å². The molecule has 1 N–H and O–H groups in total. The second-order valence-electron chi connectivity index (χ2n) is 5.51. The molecule has 3 aromatic heterocycles. The maximum atomic E-state index is 12.8. The van der Waals surface area contributed by atoms with Crippen LogP contribution in [0.2, 0.25) is 0 Å². The van der Waals surface area contributed by atoms with Crippen molar-refractivity contribution in [3.63, 3.8) is 0 Å². The third-order valence-corrected chi connectivity index (χ3v) is 3.84. The molecule has 5 nitrogen and oxygen atoms in total. The van der Waals surface area contributed by atoms with Crippen molar-refractivity contribution in [3.05, 3.63) is 84.9 Å². The molecule has 1 aromatic carbocycles. The van der Waals surface area contributed by atoms with Gasteiger partial charge in [0.15, 0.2) is 0 Å². The van der Waals surface area contributed by atoms with Gasteiger partial charge in [-0.2, -0.15) is 0 Å². The van der Waals surface area contributed by atoms with E-state index in [0.29, 0.717) is 16.9 Å². The van der Waals surface area contributed by atoms with Gasteiger partial charge in [-0.1, -0.05) is 18.2 Å². The summed E-state index contributed by atoms with van der Waals surface area (Å²) in [5, 5.41) is 3.69. The molecule has 4 rings (SSSR count). The molecule has 1 amide bonds. The zero-order chi connectivity index (χ0) is 17.1. The SMILES string of the molecule is O=C(Nc1cccnc1)c1cc(-c2cccnc2)nc2ccccc12. The molecular formula is C20H14N4O. The molecule has 0 aliphatic rings. The molecule has 120 valence electrons. The Hall–Kier alpha value is -3.60. The van der Waals surface area contributed by atoms with Crippen molar-refractivity contribution in [2.24, 2.45) is 0 Å². The average molecular weight is 326 g/mol. The number of nitrogens with one attached hydrogen (secondary N) is 1. The number of carbonyl (C=O) groups is 1. The Morgan fingerprint density at radius 1 is 0.880 bits per heavy atom. The third-order valence-electron chi connectivity index (χ3n) is 3.84. The standard InChI is InChI=1S/C20H14N4O/c25-20(23-15-6-4-10-22-13-15)17-11-19(14-5-3-9-21-12-14)24-18-8-2-1-7-16(17)18/h1-13H,(H,23,25). The minimum Gasteiger partial charge on any atom is -0.321 e. The van der Waals surface area contributed by atoms with E-state index < -0.39 is 0 Å². The summed E-state index contributed by atoms with van der Waals surface area (Å²) in [6.07, 6.45) is 6.72. The summed E-state index contributed by atoms with van der Waals surface area (Å²) in [6.45, 7) is 0. The monoisotopic (exact) mass is 326 g/mol. The fourth-order valence-electron chi connectivity index (χ4n) is 2.66. The van der Waals surface area contributed by atoms with E-state index in [4.69, 9.17) is 0 Å². The number of hydrogen-bond donors (Lipinski definition) is 1. The molecular weight excluding hydrogens is 312 g/mol. The number of aromatic nitrogens is 3. The van der Waals surface area contributed by atoms with Gasteiger partial charge in [-0.25, -0.2) is 4.98 Å². The minimum absolute atomic E-state index is 0.197. The van der Waals surface area contributed by atoms with Gasteiger partial charge in [-0.15, -0.1) is 0 Å². The van der Waals surface area contributed by atoms with Gasteiger partial charge in [0.2, 0.25) is 0 Å². The molecule has 3 heterocycles. The van der Waals surface area contributed by atoms with Crippen LogP contribution in [-0.4, -0.2) is 20.9 Å². The van der Waals surface area contributed by atoms with Crippen LogP contribution in [0.5, 0.6) is 0 Å². The number of pyridine rings is 3. The highest BCUT2D eigenvalue weighted by molar-refractivity contribution is 6.13. The molecule has 0 atom stereocenters. The predicted octanol–water partition coefficient (Wildman–Crippen LogP) is 3.94. The molecule has 25 heavy (non-hydrogen) atoms. The minimum atomic E-state index is -0.197. The number of amides is 1. The summed E-state index contributed by atoms with van der Waals surface area (Å²) in [7, 11) is 0. The second kappa shape index (κ2) is 6.49. The third kappa shape index (κ3) is 3.07. The molecule has 0 saturated heterocycles. The Morgan fingerprint density at radius 3 is 2.44 bits per heavy atom. The summed E-state index contributed by atoms with van der Waals surface area (Å²) in [4.78, 5) is 25.7. The van der Waals surface area contributed by atoms with Gasteiger partial charge in [-0.3, -0.25) is 14.8 Å². The van der Waals surface area contributed by atoms with E-state index in [-0.39, 0.29) is 5.91 Å². The van der Waals surface area contributed by atoms with E-state index in [1.807, 2.05) is 36.4 Å². The van der Waals surface area contributed by atoms with E-state index in [0.717, 1.165) is 16.5 Å². The van der Waals surface area contributed by atoms with E-state index >= 15 is 0 Å². The van der Waals surface area contributed by atoms with Crippen molar-refractivity contribution >= 4 is 22.5 Å². The van der Waals surface area contributed by atoms with E-state index in [1.165, 1.54) is 0 Å². The van der Waals surface area contributed by atoms with Crippen molar-refractivity contribution in [3.8, 4) is 11.3 Å². The van der Waals surface area contributed by atoms with Gasteiger partial charge >= 0.3 is 0 Å². The highest BCUT2D eigenvalue weighted by atomic mass is 16.1. The van der Waals surface area contributed by atoms with E-state index in [1.54, 1.807) is 43.0 Å². The van der Waals surface area contributed by atoms with Gasteiger partial charge in [0.1, 0.15) is 0 Å². The van der Waals surface area contributed by atoms with Crippen LogP contribution in [-0.2, 0) is 0 Å². The number of nitrogens with zero attached hydrogens (tertiary/aromatic N) is 3. The lowest BCUT2D eigenvalue weighted by Gasteiger charge is -2.10. The van der Waals surface area contributed by atoms with Crippen molar-refractivity contribution in [2.75, 3.05) is 5.32 Å². The summed E-state index contributed by atoms with van der Waals surface area (Å²) in [5.41, 5.74) is 3.55. The van der Waals surface area contributed by atoms with Gasteiger partial charge in [0, 0.05) is 29.5 Å². The topological polar surface area (TPSA) is 67.8 Å². The Morgan fingerprint density at radius 2 is 1.68 bits per heavy atom. The Balaban J connectivity index is 1.83. The predicted molar refractivity (Wildman–Crippen MR) is 97.2 cm³/mol. The molecule has 5 heteroatoms. The maximum absolute atomic E-state index is 12.8. The van der Waals surface area contributed by atoms with Crippen molar-refractivity contribution in [1.29, 1.82) is 0 Å². The molecule has 0 unspecified atom stereocenters. The van der Waals surface area contributed by atoms with E-state index in [2.05, 4.69) is 20.3 Å². The van der Waals surface area contributed by atoms with E-state index in [9.17, 15) is 4.79 Å². The number of para-hydroxylation sites is 1. The van der Waals surface area contributed by atoms with Gasteiger partial charge < -0.3 is 5.32 Å². The van der Waals surface area contributed by atoms with Crippen LogP contribution in [0.15, 0.2) is 79.4 Å². The smallest absolute Gasteiger partial charge is 0.256 e. The fourth-order valence-corrected chi connectivity index (χ4v) is 2.66. The highest BCUT2D eigenvalue weighted by Gasteiger charge is 2.14. The fraction of sp³-hybridized carbons (Fsp3) is 0. The van der Waals surface area contributed by atoms with Gasteiger partial charge in [0.25, 0.3) is 5.91 Å². The Kier molecular flexibility index (Phi) is 3.88. The van der Waals surface area contributed by atoms with Crippen LogP contribution in [0, 0.1) is 0 Å². The zero-order valence-corrected chi connectivity index (χ0v) is 13.3. The second-order valence-corrected chi connectivity index (χ2v) is 5.51. The summed E-state index contributed by atoms with van der Waals surface area (Å²) >= 11 is 0. The van der Waals surface area contributed by atoms with Gasteiger partial charge in [0.05, 0.1) is 28.7 Å². The average Bonchev–Trinajstić information content (AvgIpc) is 2.68. The number of benzene rings is 1. The highest BCUT2D eigenvalue weighted by Crippen LogP contribution is 2.25. The first-order valence-electron chi connectivity index (χ1n) is 7.83. The molecule has 4 aromatic rings. The van der Waals surface area contributed by atoms with Crippen LogP contribution >= 0.6 is 0 Å². The molecule has 0 spiro atoms. The van der Waals surface area contributed by atoms with Crippen LogP contribution in [0.4, 0.5) is 5.69 Å². The molecule has 0 bridgehead atoms. The molecule has 0 aliphatic carbocycles. The Labute approximate surface area is 144 Å². The van der Waals surface area contributed by atoms with Crippen LogP contribution in [0.1, 0.15) is 10.4 Å². The number of hydrogen-bond acceptors (Lipinski definition) is 4. The van der Waals surface area contributed by atoms with Crippen molar-refractivity contribution in [1.82, 2.24) is 15.0 Å². The lowest BCUT2D eigenvalue weighted by molar-refractivity contribution is 0.102. The number of rotatable bonds is 3. The first-order valence-corrected chi connectivity index (χ1v) is 7.83. The summed E-state index contributed by atoms with van der Waals surface area (Å²) < 4.78 is 0. The zero-order valence-electron chi connectivity index (χ0n) is 13.3. The lowest BCUT2D eigenvalue weighted by atomic mass is 10.0. The molecule has 0 radical (unpaired) electrons. The normalized spacial score (nSPS) is 10.6. The first-order chi connectivity index (χ1) is 12.3. The van der Waals surface area contributed by atoms with Crippen molar-refractivity contribution < 1.29 is 4.79 Å². The maximum Gasteiger partial charge on any atom is 0.256 e. The molecule has 0 aliphatic heterocycles. The quantitative estimate of drug-likeness (QED) is 0.619. The van der Waals surface area contributed by atoms with Crippen LogP contribution in [0.3, 0.4) is 0 Å². The Bertz CT molecular complexity index is 1030. The van der Waals surface area contributed by atoms with Gasteiger partial charge in [-0.05, 0) is 36.4 Å². The number of fused-ring (bicyclic) bond motifs is 1. The van der Waals surface area contributed by atoms with Crippen LogP contribution < -0.4 is 5.32 Å². The lowest BCUT2D eigenvalue weighted by Crippen LogP contribution is -2.13. The van der Waals surface area contributed by atoms with Crippen molar-refractivity contribution in [2.45, 2.75) is 0 Å². The molecule has 0 saturated carbocycles.